The minimum atomic E-state index is -0.279. The zero-order chi connectivity index (χ0) is 16.6. The number of hydrogen-bond acceptors (Lipinski definition) is 4. The number of hydrogen-bond donors (Lipinski definition) is 0. The van der Waals surface area contributed by atoms with Gasteiger partial charge in [-0.2, -0.15) is 0 Å². The Morgan fingerprint density at radius 2 is 2.04 bits per heavy atom. The Morgan fingerprint density at radius 3 is 2.74 bits per heavy atom. The van der Waals surface area contributed by atoms with Crippen LogP contribution in [-0.2, 0) is 17.8 Å². The molecule has 0 aliphatic carbocycles. The van der Waals surface area contributed by atoms with E-state index in [4.69, 9.17) is 0 Å². The topological polar surface area (TPSA) is 48.5 Å². The second-order valence-corrected chi connectivity index (χ2v) is 7.27. The van der Waals surface area contributed by atoms with E-state index >= 15 is 0 Å². The highest BCUT2D eigenvalue weighted by Gasteiger charge is 2.19. The number of halogens is 1. The molecular formula is C16H20FN5S. The van der Waals surface area contributed by atoms with Crippen molar-refractivity contribution in [3.63, 3.8) is 0 Å². The summed E-state index contributed by atoms with van der Waals surface area (Å²) in [6.45, 7) is 9.12. The quantitative estimate of drug-likeness (QED) is 0.681. The van der Waals surface area contributed by atoms with E-state index in [2.05, 4.69) is 36.0 Å². The number of imidazole rings is 1. The SMILES string of the molecule is CCn1c(CSc2nncn2C(C)(C)C)nc2c(F)cccc21. The molecule has 3 rings (SSSR count). The van der Waals surface area contributed by atoms with Crippen molar-refractivity contribution in [2.45, 2.75) is 50.7 Å². The maximum atomic E-state index is 13.9. The van der Waals surface area contributed by atoms with Crippen LogP contribution in [-0.4, -0.2) is 24.3 Å². The molecule has 23 heavy (non-hydrogen) atoms. The molecule has 5 nitrogen and oxygen atoms in total. The summed E-state index contributed by atoms with van der Waals surface area (Å²) in [6, 6.07) is 5.07. The Labute approximate surface area is 138 Å². The zero-order valence-electron chi connectivity index (χ0n) is 13.7. The van der Waals surface area contributed by atoms with Crippen molar-refractivity contribution in [2.75, 3.05) is 0 Å². The molecule has 0 fully saturated rings. The molecular weight excluding hydrogens is 313 g/mol. The maximum absolute atomic E-state index is 13.9. The first kappa shape index (κ1) is 16.0. The highest BCUT2D eigenvalue weighted by atomic mass is 32.2. The van der Waals surface area contributed by atoms with Crippen LogP contribution in [0.25, 0.3) is 11.0 Å². The molecule has 2 heterocycles. The fourth-order valence-corrected chi connectivity index (χ4v) is 3.58. The van der Waals surface area contributed by atoms with Crippen LogP contribution in [0.4, 0.5) is 4.39 Å². The largest absolute Gasteiger partial charge is 0.327 e. The Kier molecular flexibility index (Phi) is 4.14. The van der Waals surface area contributed by atoms with Gasteiger partial charge in [-0.3, -0.25) is 0 Å². The third-order valence-electron chi connectivity index (χ3n) is 3.69. The normalized spacial score (nSPS) is 12.2. The van der Waals surface area contributed by atoms with Gasteiger partial charge in [0, 0.05) is 12.1 Å². The fraction of sp³-hybridized carbons (Fsp3) is 0.438. The summed E-state index contributed by atoms with van der Waals surface area (Å²) in [7, 11) is 0. The van der Waals surface area contributed by atoms with Crippen LogP contribution >= 0.6 is 11.8 Å². The Balaban J connectivity index is 1.91. The van der Waals surface area contributed by atoms with E-state index in [1.54, 1.807) is 24.2 Å². The highest BCUT2D eigenvalue weighted by molar-refractivity contribution is 7.98. The molecule has 0 N–H and O–H groups in total. The molecule has 0 saturated heterocycles. The van der Waals surface area contributed by atoms with Crippen LogP contribution in [0, 0.1) is 5.82 Å². The molecule has 7 heteroatoms. The van der Waals surface area contributed by atoms with E-state index in [0.29, 0.717) is 11.3 Å². The molecule has 1 aromatic carbocycles. The van der Waals surface area contributed by atoms with Crippen molar-refractivity contribution in [2.24, 2.45) is 0 Å². The Hall–Kier alpha value is -1.89. The van der Waals surface area contributed by atoms with Crippen molar-refractivity contribution in [3.8, 4) is 0 Å². The lowest BCUT2D eigenvalue weighted by molar-refractivity contribution is 0.367. The molecule has 2 aromatic heterocycles. The minimum absolute atomic E-state index is 0.0805. The highest BCUT2D eigenvalue weighted by Crippen LogP contribution is 2.27. The van der Waals surface area contributed by atoms with Crippen molar-refractivity contribution in [3.05, 3.63) is 36.2 Å². The lowest BCUT2D eigenvalue weighted by Crippen LogP contribution is -2.21. The van der Waals surface area contributed by atoms with Gasteiger partial charge in [0.05, 0.1) is 11.3 Å². The lowest BCUT2D eigenvalue weighted by atomic mass is 10.1. The number of rotatable bonds is 4. The first-order chi connectivity index (χ1) is 10.9. The van der Waals surface area contributed by atoms with E-state index in [9.17, 15) is 4.39 Å². The summed E-state index contributed by atoms with van der Waals surface area (Å²) in [4.78, 5) is 4.48. The standard InChI is InChI=1S/C16H20FN5S/c1-5-21-12-8-6-7-11(17)14(12)19-13(21)9-23-15-20-18-10-22(15)16(2,3)4/h6-8,10H,5,9H2,1-4H3. The molecule has 3 aromatic rings. The van der Waals surface area contributed by atoms with Gasteiger partial charge in [0.25, 0.3) is 0 Å². The summed E-state index contributed by atoms with van der Waals surface area (Å²) >= 11 is 1.57. The van der Waals surface area contributed by atoms with Gasteiger partial charge in [-0.05, 0) is 39.8 Å². The second kappa shape index (κ2) is 5.96. The number of aryl methyl sites for hydroxylation is 1. The van der Waals surface area contributed by atoms with Gasteiger partial charge in [0.15, 0.2) is 11.0 Å². The average molecular weight is 333 g/mol. The fourth-order valence-electron chi connectivity index (χ4n) is 2.54. The van der Waals surface area contributed by atoms with Gasteiger partial charge in [0.2, 0.25) is 0 Å². The monoisotopic (exact) mass is 333 g/mol. The molecule has 0 aliphatic rings. The molecule has 0 spiro atoms. The number of para-hydroxylation sites is 1. The van der Waals surface area contributed by atoms with Crippen molar-refractivity contribution >= 4 is 22.8 Å². The Morgan fingerprint density at radius 1 is 1.26 bits per heavy atom. The molecule has 122 valence electrons. The summed E-state index contributed by atoms with van der Waals surface area (Å²) in [5.74, 6) is 1.19. The van der Waals surface area contributed by atoms with Crippen molar-refractivity contribution in [1.82, 2.24) is 24.3 Å². The van der Waals surface area contributed by atoms with Gasteiger partial charge in [-0.25, -0.2) is 9.37 Å². The van der Waals surface area contributed by atoms with E-state index in [0.717, 1.165) is 23.0 Å². The van der Waals surface area contributed by atoms with Crippen molar-refractivity contribution < 1.29 is 4.39 Å². The third-order valence-corrected chi connectivity index (χ3v) is 4.63. The molecule has 0 unspecified atom stereocenters. The predicted molar refractivity (Wildman–Crippen MR) is 89.9 cm³/mol. The number of fused-ring (bicyclic) bond motifs is 1. The summed E-state index contributed by atoms with van der Waals surface area (Å²) in [6.07, 6.45) is 1.74. The number of benzene rings is 1. The zero-order valence-corrected chi connectivity index (χ0v) is 14.6. The molecule has 0 amide bonds. The number of aromatic nitrogens is 5. The van der Waals surface area contributed by atoms with E-state index in [1.807, 2.05) is 22.1 Å². The van der Waals surface area contributed by atoms with Gasteiger partial charge in [-0.15, -0.1) is 10.2 Å². The van der Waals surface area contributed by atoms with E-state index in [1.165, 1.54) is 6.07 Å². The smallest absolute Gasteiger partial charge is 0.191 e. The molecule has 0 aliphatic heterocycles. The van der Waals surface area contributed by atoms with E-state index in [-0.39, 0.29) is 11.4 Å². The Bertz CT molecular complexity index is 831. The molecule has 0 saturated carbocycles. The number of thioether (sulfide) groups is 1. The van der Waals surface area contributed by atoms with E-state index < -0.39 is 0 Å². The van der Waals surface area contributed by atoms with Gasteiger partial charge in [0.1, 0.15) is 17.7 Å². The maximum Gasteiger partial charge on any atom is 0.191 e. The average Bonchev–Trinajstić information content (AvgIpc) is 3.09. The van der Waals surface area contributed by atoms with Crippen LogP contribution < -0.4 is 0 Å². The van der Waals surface area contributed by atoms with Crippen LogP contribution in [0.1, 0.15) is 33.5 Å². The van der Waals surface area contributed by atoms with Crippen molar-refractivity contribution in [1.29, 1.82) is 0 Å². The summed E-state index contributed by atoms with van der Waals surface area (Å²) in [5, 5.41) is 9.04. The van der Waals surface area contributed by atoms with Crippen LogP contribution in [0.2, 0.25) is 0 Å². The predicted octanol–water partition coefficient (Wildman–Crippen LogP) is 3.83. The van der Waals surface area contributed by atoms with Gasteiger partial charge in [-0.1, -0.05) is 17.8 Å². The van der Waals surface area contributed by atoms with Crippen LogP contribution in [0.3, 0.4) is 0 Å². The van der Waals surface area contributed by atoms with Gasteiger partial charge < -0.3 is 9.13 Å². The number of nitrogens with zero attached hydrogens (tertiary/aromatic N) is 5. The molecule has 0 atom stereocenters. The summed E-state index contributed by atoms with van der Waals surface area (Å²) in [5.41, 5.74) is 1.19. The third kappa shape index (κ3) is 2.97. The minimum Gasteiger partial charge on any atom is -0.327 e. The first-order valence-corrected chi connectivity index (χ1v) is 8.57. The van der Waals surface area contributed by atoms with Crippen LogP contribution in [0.5, 0.6) is 0 Å². The summed E-state index contributed by atoms with van der Waals surface area (Å²) < 4.78 is 18.0. The first-order valence-electron chi connectivity index (χ1n) is 7.58. The second-order valence-electron chi connectivity index (χ2n) is 6.32. The molecule has 0 bridgehead atoms. The van der Waals surface area contributed by atoms with Crippen LogP contribution in [0.15, 0.2) is 29.7 Å². The molecule has 0 radical (unpaired) electrons. The van der Waals surface area contributed by atoms with Gasteiger partial charge >= 0.3 is 0 Å². The lowest BCUT2D eigenvalue weighted by Gasteiger charge is -2.21.